The lowest BCUT2D eigenvalue weighted by atomic mass is 9.45. The van der Waals surface area contributed by atoms with E-state index in [4.69, 9.17) is 23.7 Å². The predicted octanol–water partition coefficient (Wildman–Crippen LogP) is 4.24. The lowest BCUT2D eigenvalue weighted by Crippen LogP contribution is -2.63. The molecule has 3 aliphatic rings. The number of methoxy groups -OCH3 is 1. The molecule has 2 fully saturated rings. The highest BCUT2D eigenvalue weighted by Gasteiger charge is 2.71. The fourth-order valence-electron chi connectivity index (χ4n) is 6.49. The van der Waals surface area contributed by atoms with Crippen molar-refractivity contribution in [3.63, 3.8) is 0 Å². The fourth-order valence-corrected chi connectivity index (χ4v) is 6.49. The molecule has 2 aliphatic carbocycles. The summed E-state index contributed by atoms with van der Waals surface area (Å²) in [6.07, 6.45) is 3.18. The smallest absolute Gasteiger partial charge is 0.305 e. The molecule has 0 aromatic heterocycles. The van der Waals surface area contributed by atoms with Crippen molar-refractivity contribution in [2.24, 2.45) is 22.7 Å². The molecule has 194 valence electrons. The van der Waals surface area contributed by atoms with E-state index in [1.807, 2.05) is 0 Å². The zero-order valence-corrected chi connectivity index (χ0v) is 21.6. The fraction of sp³-hybridized carbons (Fsp3) is 0.667. The molecule has 0 amide bonds. The Hall–Kier alpha value is -2.45. The maximum Gasteiger partial charge on any atom is 0.305 e. The number of ether oxygens (including phenoxy) is 5. The molecular formula is C27H38O8. The van der Waals surface area contributed by atoms with Crippen LogP contribution in [0.15, 0.2) is 36.5 Å². The van der Waals surface area contributed by atoms with Crippen LogP contribution in [0.3, 0.4) is 0 Å². The van der Waals surface area contributed by atoms with Crippen LogP contribution in [0.4, 0.5) is 0 Å². The van der Waals surface area contributed by atoms with Gasteiger partial charge in [-0.25, -0.2) is 0 Å². The number of hydrogen-bond acceptors (Lipinski definition) is 8. The summed E-state index contributed by atoms with van der Waals surface area (Å²) in [5.41, 5.74) is 0.329. The molecule has 1 aliphatic heterocycles. The number of esters is 3. The Balaban J connectivity index is 2.24. The van der Waals surface area contributed by atoms with Crippen LogP contribution >= 0.6 is 0 Å². The average Bonchev–Trinajstić information content (AvgIpc) is 3.05. The summed E-state index contributed by atoms with van der Waals surface area (Å²) in [4.78, 5) is 36.1. The van der Waals surface area contributed by atoms with Gasteiger partial charge in [0, 0.05) is 33.5 Å². The molecule has 1 saturated heterocycles. The maximum atomic E-state index is 12.2. The van der Waals surface area contributed by atoms with E-state index in [-0.39, 0.29) is 23.4 Å². The molecule has 0 aromatic carbocycles. The molecule has 0 aromatic rings. The van der Waals surface area contributed by atoms with E-state index in [1.165, 1.54) is 20.8 Å². The van der Waals surface area contributed by atoms with Gasteiger partial charge in [-0.1, -0.05) is 38.7 Å². The predicted molar refractivity (Wildman–Crippen MR) is 128 cm³/mol. The first-order valence-electron chi connectivity index (χ1n) is 12.1. The minimum atomic E-state index is -1.09. The Morgan fingerprint density at radius 3 is 2.29 bits per heavy atom. The molecule has 35 heavy (non-hydrogen) atoms. The maximum absolute atomic E-state index is 12.2. The SMILES string of the molecule is C=CC(=C)CCC1(C)C(C)CC(OC)C23C(=CC(OC(C)=O)CC12)C(OC(C)=O)OC3OC(C)=O. The van der Waals surface area contributed by atoms with E-state index >= 15 is 0 Å². The highest BCUT2D eigenvalue weighted by Crippen LogP contribution is 2.67. The highest BCUT2D eigenvalue weighted by molar-refractivity contribution is 5.68. The Kier molecular flexibility index (Phi) is 7.96. The zero-order valence-electron chi connectivity index (χ0n) is 21.6. The van der Waals surface area contributed by atoms with Gasteiger partial charge in [-0.15, -0.1) is 0 Å². The zero-order chi connectivity index (χ0) is 26.1. The van der Waals surface area contributed by atoms with Gasteiger partial charge in [-0.05, 0) is 49.0 Å². The van der Waals surface area contributed by atoms with E-state index in [0.717, 1.165) is 18.4 Å². The standard InChI is InChI=1S/C27H38O8/c1-9-15(2)10-11-26(7)16(3)12-23(31-8)27-21(13-20(14-22(26)27)32-17(4)28)24(33-18(5)29)35-25(27)34-19(6)30/h9,13,16,20,22-25H,1-2,10-12,14H2,3-8H3. The third-order valence-electron chi connectivity index (χ3n) is 8.24. The molecule has 8 atom stereocenters. The molecule has 1 spiro atoms. The van der Waals surface area contributed by atoms with Gasteiger partial charge in [0.05, 0.1) is 11.5 Å². The van der Waals surface area contributed by atoms with Crippen molar-refractivity contribution in [2.75, 3.05) is 7.11 Å². The van der Waals surface area contributed by atoms with Crippen molar-refractivity contribution in [3.05, 3.63) is 36.5 Å². The highest BCUT2D eigenvalue weighted by atomic mass is 16.8. The van der Waals surface area contributed by atoms with E-state index in [9.17, 15) is 14.4 Å². The van der Waals surface area contributed by atoms with Crippen LogP contribution in [-0.2, 0) is 38.1 Å². The minimum absolute atomic E-state index is 0.185. The number of carbonyl (C=O) groups excluding carboxylic acids is 3. The third kappa shape index (κ3) is 4.83. The summed E-state index contributed by atoms with van der Waals surface area (Å²) in [5, 5.41) is 0. The van der Waals surface area contributed by atoms with Gasteiger partial charge in [0.1, 0.15) is 6.10 Å². The summed E-state index contributed by atoms with van der Waals surface area (Å²) < 4.78 is 29.2. The molecule has 8 heteroatoms. The first kappa shape index (κ1) is 27.1. The lowest BCUT2D eigenvalue weighted by molar-refractivity contribution is -0.257. The van der Waals surface area contributed by atoms with Crippen LogP contribution in [0, 0.1) is 22.7 Å². The largest absolute Gasteiger partial charge is 0.458 e. The van der Waals surface area contributed by atoms with E-state index in [2.05, 4.69) is 27.0 Å². The Morgan fingerprint density at radius 2 is 1.74 bits per heavy atom. The Morgan fingerprint density at radius 1 is 1.11 bits per heavy atom. The second kappa shape index (κ2) is 10.3. The van der Waals surface area contributed by atoms with Crippen LogP contribution in [0.2, 0.25) is 0 Å². The first-order chi connectivity index (χ1) is 16.4. The Bertz CT molecular complexity index is 922. The number of allylic oxidation sites excluding steroid dienone is 2. The first-order valence-corrected chi connectivity index (χ1v) is 12.1. The van der Waals surface area contributed by atoms with Crippen molar-refractivity contribution in [1.82, 2.24) is 0 Å². The third-order valence-corrected chi connectivity index (χ3v) is 8.24. The van der Waals surface area contributed by atoms with Crippen molar-refractivity contribution in [3.8, 4) is 0 Å². The van der Waals surface area contributed by atoms with Crippen molar-refractivity contribution < 1.29 is 38.1 Å². The lowest BCUT2D eigenvalue weighted by Gasteiger charge is -2.61. The summed E-state index contributed by atoms with van der Waals surface area (Å²) in [5.74, 6) is -1.43. The van der Waals surface area contributed by atoms with Crippen LogP contribution in [0.1, 0.15) is 60.3 Å². The molecule has 3 rings (SSSR count). The second-order valence-electron chi connectivity index (χ2n) is 10.2. The molecule has 1 heterocycles. The molecule has 0 radical (unpaired) electrons. The molecule has 1 saturated carbocycles. The number of hydrogen-bond donors (Lipinski definition) is 0. The van der Waals surface area contributed by atoms with Gasteiger partial charge in [-0.3, -0.25) is 19.1 Å². The van der Waals surface area contributed by atoms with Crippen LogP contribution < -0.4 is 0 Å². The molecule has 8 nitrogen and oxygen atoms in total. The normalized spacial score (nSPS) is 37.8. The molecule has 8 unspecified atom stereocenters. The summed E-state index contributed by atoms with van der Waals surface area (Å²) >= 11 is 0. The van der Waals surface area contributed by atoms with Crippen molar-refractivity contribution in [1.29, 1.82) is 0 Å². The van der Waals surface area contributed by atoms with Crippen LogP contribution in [0.25, 0.3) is 0 Å². The van der Waals surface area contributed by atoms with Gasteiger partial charge in [-0.2, -0.15) is 0 Å². The van der Waals surface area contributed by atoms with Crippen molar-refractivity contribution >= 4 is 17.9 Å². The summed E-state index contributed by atoms with van der Waals surface area (Å²) in [6.45, 7) is 16.3. The molecule has 0 N–H and O–H groups in total. The topological polar surface area (TPSA) is 97.4 Å². The second-order valence-corrected chi connectivity index (χ2v) is 10.2. The Labute approximate surface area is 207 Å². The van der Waals surface area contributed by atoms with Gasteiger partial charge < -0.3 is 18.9 Å². The minimum Gasteiger partial charge on any atom is -0.458 e. The van der Waals surface area contributed by atoms with Crippen LogP contribution in [-0.4, -0.2) is 49.8 Å². The van der Waals surface area contributed by atoms with Gasteiger partial charge in [0.15, 0.2) is 0 Å². The number of carbonyl (C=O) groups is 3. The van der Waals surface area contributed by atoms with Gasteiger partial charge >= 0.3 is 17.9 Å². The van der Waals surface area contributed by atoms with Gasteiger partial charge in [0.25, 0.3) is 0 Å². The quantitative estimate of drug-likeness (QED) is 0.216. The van der Waals surface area contributed by atoms with E-state index in [0.29, 0.717) is 18.4 Å². The monoisotopic (exact) mass is 490 g/mol. The van der Waals surface area contributed by atoms with E-state index in [1.54, 1.807) is 19.3 Å². The molecule has 0 bridgehead atoms. The summed E-state index contributed by atoms with van der Waals surface area (Å²) in [6, 6.07) is 0. The van der Waals surface area contributed by atoms with Crippen molar-refractivity contribution in [2.45, 2.75) is 85.1 Å². The van der Waals surface area contributed by atoms with E-state index < -0.39 is 42.0 Å². The van der Waals surface area contributed by atoms with Gasteiger partial charge in [0.2, 0.25) is 12.6 Å². The van der Waals surface area contributed by atoms with Crippen LogP contribution in [0.5, 0.6) is 0 Å². The number of rotatable bonds is 8. The summed E-state index contributed by atoms with van der Waals surface area (Å²) in [7, 11) is 1.63. The average molecular weight is 491 g/mol. The molecular weight excluding hydrogens is 452 g/mol.